The van der Waals surface area contributed by atoms with Gasteiger partial charge in [-0.05, 0) is 62.4 Å². The Balaban J connectivity index is 1.56. The quantitative estimate of drug-likeness (QED) is 0.612. The zero-order chi connectivity index (χ0) is 21.0. The maximum Gasteiger partial charge on any atom is 0.313 e. The van der Waals surface area contributed by atoms with Crippen molar-refractivity contribution in [1.82, 2.24) is 9.88 Å². The Labute approximate surface area is 177 Å². The lowest BCUT2D eigenvalue weighted by Crippen LogP contribution is -2.50. The Morgan fingerprint density at radius 2 is 1.97 bits per heavy atom. The molecule has 5 nitrogen and oxygen atoms in total. The molecule has 3 aromatic rings. The normalized spacial score (nSPS) is 19.0. The fraction of sp³-hybridized carbons (Fsp3) is 0.360. The summed E-state index contributed by atoms with van der Waals surface area (Å²) >= 11 is 0. The van der Waals surface area contributed by atoms with Crippen LogP contribution in [-0.2, 0) is 16.0 Å². The number of benzene rings is 2. The molecule has 0 radical (unpaired) electrons. The molecular formula is C25H28N2O3. The van der Waals surface area contributed by atoms with Crippen LogP contribution in [0.1, 0.15) is 42.1 Å². The number of carbonyl (C=O) groups is 2. The van der Waals surface area contributed by atoms with E-state index in [-0.39, 0.29) is 11.9 Å². The van der Waals surface area contributed by atoms with Gasteiger partial charge < -0.3 is 14.6 Å². The number of H-pyrrole nitrogens is 1. The summed E-state index contributed by atoms with van der Waals surface area (Å²) in [6, 6.07) is 17.8. The summed E-state index contributed by atoms with van der Waals surface area (Å²) in [6.07, 6.45) is 4.88. The summed E-state index contributed by atoms with van der Waals surface area (Å²) in [6.45, 7) is 3.25. The molecule has 1 aromatic heterocycles. The summed E-state index contributed by atoms with van der Waals surface area (Å²) in [5.74, 6) is -0.203. The molecule has 1 saturated heterocycles. The molecule has 0 bridgehead atoms. The van der Waals surface area contributed by atoms with Gasteiger partial charge in [0.25, 0.3) is 5.91 Å². The molecule has 1 amide bonds. The molecule has 1 aliphatic rings. The zero-order valence-corrected chi connectivity index (χ0v) is 17.4. The van der Waals surface area contributed by atoms with Crippen molar-refractivity contribution < 1.29 is 14.3 Å². The molecule has 4 rings (SSSR count). The highest BCUT2D eigenvalue weighted by Gasteiger charge is 2.44. The molecule has 1 aliphatic heterocycles. The molecule has 0 aliphatic carbocycles. The summed E-state index contributed by atoms with van der Waals surface area (Å²) in [5, 5.41) is 1.01. The van der Waals surface area contributed by atoms with Gasteiger partial charge in [-0.3, -0.25) is 9.59 Å². The van der Waals surface area contributed by atoms with Gasteiger partial charge in [0.15, 0.2) is 0 Å². The number of hydrogen-bond acceptors (Lipinski definition) is 3. The Hall–Kier alpha value is -3.08. The number of amides is 1. The number of aryl methyl sites for hydroxylation is 1. The van der Waals surface area contributed by atoms with E-state index in [1.807, 2.05) is 60.5 Å². The smallest absolute Gasteiger partial charge is 0.313 e. The molecule has 1 atom stereocenters. The number of aromatic amines is 1. The van der Waals surface area contributed by atoms with Gasteiger partial charge in [-0.15, -0.1) is 0 Å². The second kappa shape index (κ2) is 8.74. The number of rotatable bonds is 6. The number of nitrogens with one attached hydrogen (secondary N) is 1. The van der Waals surface area contributed by atoms with Crippen molar-refractivity contribution in [3.05, 3.63) is 71.9 Å². The van der Waals surface area contributed by atoms with Crippen LogP contribution in [0.3, 0.4) is 0 Å². The van der Waals surface area contributed by atoms with Gasteiger partial charge in [-0.25, -0.2) is 0 Å². The summed E-state index contributed by atoms with van der Waals surface area (Å²) < 4.78 is 5.47. The topological polar surface area (TPSA) is 62.4 Å². The molecule has 2 aromatic carbocycles. The highest BCUT2D eigenvalue weighted by atomic mass is 16.5. The first-order chi connectivity index (χ1) is 14.6. The van der Waals surface area contributed by atoms with Gasteiger partial charge in [0.2, 0.25) is 0 Å². The fourth-order valence-corrected chi connectivity index (χ4v) is 4.46. The van der Waals surface area contributed by atoms with Crippen LogP contribution in [0, 0.1) is 5.41 Å². The Kier molecular flexibility index (Phi) is 5.88. The second-order valence-corrected chi connectivity index (χ2v) is 8.10. The Morgan fingerprint density at radius 3 is 2.77 bits per heavy atom. The van der Waals surface area contributed by atoms with E-state index in [0.717, 1.165) is 30.2 Å². The minimum atomic E-state index is -0.655. The zero-order valence-electron chi connectivity index (χ0n) is 17.4. The summed E-state index contributed by atoms with van der Waals surface area (Å²) in [7, 11) is 0. The summed E-state index contributed by atoms with van der Waals surface area (Å²) in [4.78, 5) is 31.3. The van der Waals surface area contributed by atoms with Crippen molar-refractivity contribution in [1.29, 1.82) is 0 Å². The average Bonchev–Trinajstić information content (AvgIpc) is 3.26. The fourth-order valence-electron chi connectivity index (χ4n) is 4.46. The van der Waals surface area contributed by atoms with Crippen LogP contribution in [0.4, 0.5) is 0 Å². The van der Waals surface area contributed by atoms with E-state index in [4.69, 9.17) is 4.74 Å². The molecule has 2 heterocycles. The number of aromatic nitrogens is 1. The van der Waals surface area contributed by atoms with Crippen LogP contribution >= 0.6 is 0 Å². The molecule has 0 unspecified atom stereocenters. The van der Waals surface area contributed by atoms with E-state index in [1.54, 1.807) is 0 Å². The van der Waals surface area contributed by atoms with Crippen molar-refractivity contribution in [2.45, 2.75) is 32.6 Å². The first-order valence-electron chi connectivity index (χ1n) is 10.7. The standard InChI is InChI=1S/C25H28N2O3/c1-2-30-24(29)25(14-11-19-7-4-3-5-8-19)13-6-16-27(18-25)23(28)21-9-10-22-20(17-21)12-15-26-22/h3-5,7-10,12,15,17,26H,2,6,11,13-14,16,18H2,1H3/t25-/m0/s1. The maximum absolute atomic E-state index is 13.3. The van der Waals surface area contributed by atoms with Crippen molar-refractivity contribution in [3.63, 3.8) is 0 Å². The number of ether oxygens (including phenoxy) is 1. The van der Waals surface area contributed by atoms with Gasteiger partial charge in [-0.1, -0.05) is 30.3 Å². The molecule has 5 heteroatoms. The third-order valence-electron chi connectivity index (χ3n) is 6.11. The first-order valence-corrected chi connectivity index (χ1v) is 10.7. The molecular weight excluding hydrogens is 376 g/mol. The van der Waals surface area contributed by atoms with Crippen LogP contribution in [0.15, 0.2) is 60.8 Å². The first kappa shape index (κ1) is 20.2. The van der Waals surface area contributed by atoms with Gasteiger partial charge in [0, 0.05) is 35.8 Å². The molecule has 156 valence electrons. The number of likely N-dealkylation sites (tertiary alicyclic amines) is 1. The lowest BCUT2D eigenvalue weighted by Gasteiger charge is -2.41. The molecule has 30 heavy (non-hydrogen) atoms. The third-order valence-corrected chi connectivity index (χ3v) is 6.11. The van der Waals surface area contributed by atoms with Crippen LogP contribution in [-0.4, -0.2) is 41.5 Å². The highest BCUT2D eigenvalue weighted by Crippen LogP contribution is 2.37. The van der Waals surface area contributed by atoms with Crippen molar-refractivity contribution >= 4 is 22.8 Å². The van der Waals surface area contributed by atoms with Gasteiger partial charge >= 0.3 is 5.97 Å². The maximum atomic E-state index is 13.3. The van der Waals surface area contributed by atoms with Crippen molar-refractivity contribution in [3.8, 4) is 0 Å². The van der Waals surface area contributed by atoms with E-state index in [2.05, 4.69) is 17.1 Å². The minimum Gasteiger partial charge on any atom is -0.466 e. The SMILES string of the molecule is CCOC(=O)[C@]1(CCc2ccccc2)CCCN(C(=O)c2ccc3[nH]ccc3c2)C1. The minimum absolute atomic E-state index is 0.0221. The Bertz CT molecular complexity index is 1030. The number of piperidine rings is 1. The third kappa shape index (κ3) is 4.11. The van der Waals surface area contributed by atoms with E-state index in [9.17, 15) is 9.59 Å². The monoisotopic (exact) mass is 404 g/mol. The molecule has 0 saturated carbocycles. The summed E-state index contributed by atoms with van der Waals surface area (Å²) in [5.41, 5.74) is 2.21. The van der Waals surface area contributed by atoms with E-state index >= 15 is 0 Å². The van der Waals surface area contributed by atoms with Crippen LogP contribution in [0.2, 0.25) is 0 Å². The largest absolute Gasteiger partial charge is 0.466 e. The average molecular weight is 405 g/mol. The van der Waals surface area contributed by atoms with E-state index < -0.39 is 5.41 Å². The predicted octanol–water partition coefficient (Wildman–Crippen LogP) is 4.59. The molecule has 1 fully saturated rings. The number of fused-ring (bicyclic) bond motifs is 1. The van der Waals surface area contributed by atoms with Crippen LogP contribution in [0.25, 0.3) is 10.9 Å². The lowest BCUT2D eigenvalue weighted by molar-refractivity contribution is -0.159. The van der Waals surface area contributed by atoms with Crippen molar-refractivity contribution in [2.75, 3.05) is 19.7 Å². The number of esters is 1. The van der Waals surface area contributed by atoms with Gasteiger partial charge in [0.1, 0.15) is 0 Å². The second-order valence-electron chi connectivity index (χ2n) is 8.10. The van der Waals surface area contributed by atoms with E-state index in [1.165, 1.54) is 5.56 Å². The van der Waals surface area contributed by atoms with Gasteiger partial charge in [0.05, 0.1) is 12.0 Å². The number of nitrogens with zero attached hydrogens (tertiary/aromatic N) is 1. The molecule has 1 N–H and O–H groups in total. The van der Waals surface area contributed by atoms with Crippen molar-refractivity contribution in [2.24, 2.45) is 5.41 Å². The lowest BCUT2D eigenvalue weighted by atomic mass is 9.75. The number of hydrogen-bond donors (Lipinski definition) is 1. The Morgan fingerprint density at radius 1 is 1.13 bits per heavy atom. The van der Waals surface area contributed by atoms with E-state index in [0.29, 0.717) is 31.7 Å². The van der Waals surface area contributed by atoms with Gasteiger partial charge in [-0.2, -0.15) is 0 Å². The van der Waals surface area contributed by atoms with Crippen LogP contribution < -0.4 is 0 Å². The van der Waals surface area contributed by atoms with Crippen LogP contribution in [0.5, 0.6) is 0 Å². The molecule has 0 spiro atoms. The highest BCUT2D eigenvalue weighted by molar-refractivity contribution is 5.98. The number of carbonyl (C=O) groups excluding carboxylic acids is 2. The predicted molar refractivity (Wildman–Crippen MR) is 117 cm³/mol.